The van der Waals surface area contributed by atoms with Gasteiger partial charge in [0.1, 0.15) is 0 Å². The fourth-order valence-corrected chi connectivity index (χ4v) is 3.33. The Bertz CT molecular complexity index is 831. The molecule has 0 saturated carbocycles. The summed E-state index contributed by atoms with van der Waals surface area (Å²) in [5, 5.41) is 11.6. The second kappa shape index (κ2) is 7.04. The van der Waals surface area contributed by atoms with Crippen molar-refractivity contribution >= 4 is 39.1 Å². The molecule has 7 heteroatoms. The minimum absolute atomic E-state index is 0.0753. The molecule has 0 unspecified atom stereocenters. The lowest BCUT2D eigenvalue weighted by Gasteiger charge is -2.20. The molecule has 5 nitrogen and oxygen atoms in total. The minimum Gasteiger partial charge on any atom is -0.761 e. The van der Waals surface area contributed by atoms with Crippen LogP contribution in [0.4, 0.5) is 11.4 Å². The van der Waals surface area contributed by atoms with Crippen molar-refractivity contribution < 1.29 is 8.42 Å². The van der Waals surface area contributed by atoms with E-state index in [0.29, 0.717) is 10.6 Å². The SMILES string of the molecule is C/C=C\c1c(Cl)ccc(NS(=O)(=O)c2ccc(C)cc2)c1N[O-]. The minimum atomic E-state index is -3.80. The Morgan fingerprint density at radius 2 is 1.78 bits per heavy atom. The van der Waals surface area contributed by atoms with E-state index in [4.69, 9.17) is 11.6 Å². The van der Waals surface area contributed by atoms with E-state index in [0.717, 1.165) is 5.56 Å². The number of allylic oxidation sites excluding steroid dienone is 1. The lowest BCUT2D eigenvalue weighted by atomic mass is 10.1. The van der Waals surface area contributed by atoms with Gasteiger partial charge < -0.3 is 10.7 Å². The van der Waals surface area contributed by atoms with Gasteiger partial charge >= 0.3 is 0 Å². The number of anilines is 2. The van der Waals surface area contributed by atoms with Crippen molar-refractivity contribution in [3.05, 3.63) is 63.8 Å². The first kappa shape index (κ1) is 17.3. The van der Waals surface area contributed by atoms with E-state index in [9.17, 15) is 13.6 Å². The van der Waals surface area contributed by atoms with Gasteiger partial charge in [-0.1, -0.05) is 41.4 Å². The number of hydrogen-bond donors (Lipinski definition) is 2. The van der Waals surface area contributed by atoms with Crippen molar-refractivity contribution in [1.29, 1.82) is 0 Å². The molecule has 0 aliphatic carbocycles. The van der Waals surface area contributed by atoms with Crippen LogP contribution in [0.15, 0.2) is 47.4 Å². The summed E-state index contributed by atoms with van der Waals surface area (Å²) in [6.07, 6.45) is 3.34. The van der Waals surface area contributed by atoms with Crippen molar-refractivity contribution in [2.45, 2.75) is 18.7 Å². The van der Waals surface area contributed by atoms with Crippen LogP contribution in [0.25, 0.3) is 6.08 Å². The maximum absolute atomic E-state index is 12.4. The average molecular weight is 352 g/mol. The second-order valence-electron chi connectivity index (χ2n) is 4.90. The van der Waals surface area contributed by atoms with Crippen LogP contribution in [0.2, 0.25) is 5.02 Å². The summed E-state index contributed by atoms with van der Waals surface area (Å²) in [7, 11) is -3.80. The summed E-state index contributed by atoms with van der Waals surface area (Å²) in [6.45, 7) is 3.64. The summed E-state index contributed by atoms with van der Waals surface area (Å²) in [6, 6.07) is 9.39. The zero-order valence-electron chi connectivity index (χ0n) is 12.6. The van der Waals surface area contributed by atoms with Crippen LogP contribution in [0.1, 0.15) is 18.1 Å². The van der Waals surface area contributed by atoms with Crippen LogP contribution in [0.3, 0.4) is 0 Å². The zero-order valence-corrected chi connectivity index (χ0v) is 14.2. The summed E-state index contributed by atoms with van der Waals surface area (Å²) < 4.78 is 27.3. The summed E-state index contributed by atoms with van der Waals surface area (Å²) in [5.41, 5.74) is 3.35. The average Bonchev–Trinajstić information content (AvgIpc) is 2.51. The van der Waals surface area contributed by atoms with E-state index >= 15 is 0 Å². The van der Waals surface area contributed by atoms with E-state index in [-0.39, 0.29) is 16.3 Å². The van der Waals surface area contributed by atoms with E-state index < -0.39 is 10.0 Å². The largest absolute Gasteiger partial charge is 0.761 e. The molecule has 0 radical (unpaired) electrons. The summed E-state index contributed by atoms with van der Waals surface area (Å²) in [5.74, 6) is 0. The summed E-state index contributed by atoms with van der Waals surface area (Å²) >= 11 is 6.06. The molecule has 0 heterocycles. The van der Waals surface area contributed by atoms with Gasteiger partial charge in [-0.2, -0.15) is 0 Å². The van der Waals surface area contributed by atoms with E-state index in [1.54, 1.807) is 36.7 Å². The molecule has 0 saturated heterocycles. The first-order chi connectivity index (χ1) is 10.9. The molecular formula is C16H16ClN2O3S-. The first-order valence-corrected chi connectivity index (χ1v) is 8.68. The zero-order chi connectivity index (χ0) is 17.0. The van der Waals surface area contributed by atoms with Gasteiger partial charge in [0.05, 0.1) is 16.3 Å². The number of rotatable bonds is 5. The fraction of sp³-hybridized carbons (Fsp3) is 0.125. The van der Waals surface area contributed by atoms with Gasteiger partial charge in [-0.25, -0.2) is 8.42 Å². The topological polar surface area (TPSA) is 81.3 Å². The molecule has 122 valence electrons. The molecule has 0 bridgehead atoms. The number of aryl methyl sites for hydroxylation is 1. The molecule has 0 atom stereocenters. The van der Waals surface area contributed by atoms with Gasteiger partial charge in [-0.3, -0.25) is 4.72 Å². The molecular weight excluding hydrogens is 336 g/mol. The molecule has 0 spiro atoms. The number of sulfonamides is 1. The predicted octanol–water partition coefficient (Wildman–Crippen LogP) is 4.39. The van der Waals surface area contributed by atoms with Gasteiger partial charge in [0, 0.05) is 10.6 Å². The van der Waals surface area contributed by atoms with E-state index in [1.807, 2.05) is 6.92 Å². The molecule has 0 aliphatic rings. The Labute approximate surface area is 140 Å². The van der Waals surface area contributed by atoms with E-state index in [2.05, 4.69) is 4.72 Å². The van der Waals surface area contributed by atoms with Gasteiger partial charge in [-0.15, -0.1) is 0 Å². The van der Waals surface area contributed by atoms with Crippen molar-refractivity contribution in [3.63, 3.8) is 0 Å². The highest BCUT2D eigenvalue weighted by Crippen LogP contribution is 2.34. The third-order valence-corrected chi connectivity index (χ3v) is 4.91. The molecule has 0 aromatic heterocycles. The molecule has 2 aromatic carbocycles. The van der Waals surface area contributed by atoms with Gasteiger partial charge in [0.25, 0.3) is 10.0 Å². The molecule has 2 N–H and O–H groups in total. The Balaban J connectivity index is 2.47. The van der Waals surface area contributed by atoms with Crippen molar-refractivity contribution in [2.24, 2.45) is 0 Å². The number of nitrogens with one attached hydrogen (secondary N) is 2. The highest BCUT2D eigenvalue weighted by molar-refractivity contribution is 7.92. The maximum Gasteiger partial charge on any atom is 0.261 e. The monoisotopic (exact) mass is 351 g/mol. The van der Waals surface area contributed by atoms with Crippen LogP contribution >= 0.6 is 11.6 Å². The molecule has 0 fully saturated rings. The standard InChI is InChI=1S/C16H16ClN2O3S/c1-3-4-13-14(17)9-10-15(16(13)18-20)19-23(21,22)12-7-5-11(2)6-8-12/h3-10,18-19H,1-2H3/q-1/b4-3-. The van der Waals surface area contributed by atoms with Crippen LogP contribution < -0.4 is 10.2 Å². The van der Waals surface area contributed by atoms with Gasteiger partial charge in [0.2, 0.25) is 0 Å². The van der Waals surface area contributed by atoms with Crippen molar-refractivity contribution in [3.8, 4) is 0 Å². The van der Waals surface area contributed by atoms with E-state index in [1.165, 1.54) is 24.3 Å². The third-order valence-electron chi connectivity index (χ3n) is 3.20. The first-order valence-electron chi connectivity index (χ1n) is 6.82. The molecule has 0 aliphatic heterocycles. The van der Waals surface area contributed by atoms with Gasteiger partial charge in [-0.05, 0) is 38.1 Å². The third kappa shape index (κ3) is 3.85. The lowest BCUT2D eigenvalue weighted by molar-refractivity contribution is 0.601. The Hall–Kier alpha value is -2.02. The molecule has 0 amide bonds. The second-order valence-corrected chi connectivity index (χ2v) is 6.99. The van der Waals surface area contributed by atoms with Crippen LogP contribution in [0, 0.1) is 12.1 Å². The van der Waals surface area contributed by atoms with Crippen LogP contribution in [-0.4, -0.2) is 8.42 Å². The molecule has 23 heavy (non-hydrogen) atoms. The maximum atomic E-state index is 12.4. The van der Waals surface area contributed by atoms with Crippen LogP contribution in [0.5, 0.6) is 0 Å². The lowest BCUT2D eigenvalue weighted by Crippen LogP contribution is -2.14. The molecule has 2 aromatic rings. The summed E-state index contributed by atoms with van der Waals surface area (Å²) in [4.78, 5) is 0.113. The predicted molar refractivity (Wildman–Crippen MR) is 95.1 cm³/mol. The van der Waals surface area contributed by atoms with Crippen molar-refractivity contribution in [2.75, 3.05) is 10.2 Å². The van der Waals surface area contributed by atoms with Crippen LogP contribution in [-0.2, 0) is 10.0 Å². The highest BCUT2D eigenvalue weighted by Gasteiger charge is 2.17. The quantitative estimate of drug-likeness (QED) is 0.782. The Morgan fingerprint density at radius 3 is 2.35 bits per heavy atom. The number of hydrogen-bond acceptors (Lipinski definition) is 4. The Morgan fingerprint density at radius 1 is 1.13 bits per heavy atom. The highest BCUT2D eigenvalue weighted by atomic mass is 35.5. The molecule has 2 rings (SSSR count). The Kier molecular flexibility index (Phi) is 5.30. The smallest absolute Gasteiger partial charge is 0.261 e. The normalized spacial score (nSPS) is 11.7. The fourth-order valence-electron chi connectivity index (χ4n) is 2.04. The number of benzene rings is 2. The van der Waals surface area contributed by atoms with Crippen molar-refractivity contribution in [1.82, 2.24) is 0 Å². The van der Waals surface area contributed by atoms with Gasteiger partial charge in [0.15, 0.2) is 0 Å². The number of halogens is 1.